The molecule has 2 aromatic carbocycles. The highest BCUT2D eigenvalue weighted by atomic mass is 79.9. The number of amides is 1. The van der Waals surface area contributed by atoms with E-state index >= 15 is 0 Å². The Balaban J connectivity index is 1.65. The van der Waals surface area contributed by atoms with Gasteiger partial charge in [0.2, 0.25) is 6.29 Å². The van der Waals surface area contributed by atoms with Crippen molar-refractivity contribution < 1.29 is 43.2 Å². The molecule has 1 fully saturated rings. The highest BCUT2D eigenvalue weighted by molar-refractivity contribution is 9.10. The lowest BCUT2D eigenvalue weighted by Crippen LogP contribution is -2.65. The summed E-state index contributed by atoms with van der Waals surface area (Å²) in [7, 11) is 1.38. The second kappa shape index (κ2) is 11.0. The fraction of sp³-hybridized carbons (Fsp3) is 0.370. The van der Waals surface area contributed by atoms with E-state index in [2.05, 4.69) is 15.9 Å². The Morgan fingerprint density at radius 2 is 1.82 bits per heavy atom. The summed E-state index contributed by atoms with van der Waals surface area (Å²) in [6.45, 7) is 4.92. The van der Waals surface area contributed by atoms with Gasteiger partial charge in [0.25, 0.3) is 0 Å². The first kappa shape index (κ1) is 28.6. The highest BCUT2D eigenvalue weighted by Crippen LogP contribution is 2.37. The van der Waals surface area contributed by atoms with Crippen LogP contribution in [0, 0.1) is 6.92 Å². The number of benzene rings is 2. The van der Waals surface area contributed by atoms with Crippen LogP contribution < -0.4 is 16.1 Å². The minimum atomic E-state index is -1.49. The number of rotatable bonds is 7. The Bertz CT molecular complexity index is 1470. The number of aromatic hydroxyl groups is 1. The number of methoxy groups -OCH3 is 1. The number of carbonyl (C=O) groups excluding carboxylic acids is 2. The number of halogens is 1. The molecule has 0 bridgehead atoms. The molecular formula is C27H28BrNO10. The van der Waals surface area contributed by atoms with Gasteiger partial charge in [-0.1, -0.05) is 28.1 Å². The van der Waals surface area contributed by atoms with Crippen LogP contribution in [0.1, 0.15) is 35.3 Å². The van der Waals surface area contributed by atoms with Gasteiger partial charge in [-0.2, -0.15) is 0 Å². The van der Waals surface area contributed by atoms with E-state index in [1.54, 1.807) is 45.0 Å². The smallest absolute Gasteiger partial charge is 0.404 e. The summed E-state index contributed by atoms with van der Waals surface area (Å²) in [4.78, 5) is 37.0. The quantitative estimate of drug-likeness (QED) is 0.268. The van der Waals surface area contributed by atoms with Gasteiger partial charge in [0.05, 0.1) is 16.6 Å². The van der Waals surface area contributed by atoms with E-state index in [1.165, 1.54) is 19.2 Å². The van der Waals surface area contributed by atoms with Crippen molar-refractivity contribution in [2.24, 2.45) is 5.73 Å². The van der Waals surface area contributed by atoms with Crippen molar-refractivity contribution in [3.05, 3.63) is 68.0 Å². The van der Waals surface area contributed by atoms with Crippen LogP contribution in [0.5, 0.6) is 11.5 Å². The first-order valence-electron chi connectivity index (χ1n) is 11.9. The Kier molecular flexibility index (Phi) is 8.03. The minimum absolute atomic E-state index is 0.0269. The fourth-order valence-electron chi connectivity index (χ4n) is 4.66. The van der Waals surface area contributed by atoms with E-state index in [0.717, 1.165) is 4.47 Å². The first-order valence-corrected chi connectivity index (χ1v) is 12.7. The zero-order chi connectivity index (χ0) is 28.6. The molecule has 0 saturated carbocycles. The van der Waals surface area contributed by atoms with E-state index < -0.39 is 41.9 Å². The molecule has 208 valence electrons. The van der Waals surface area contributed by atoms with Crippen molar-refractivity contribution in [1.29, 1.82) is 0 Å². The normalized spacial score (nSPS) is 22.4. The first-order chi connectivity index (χ1) is 18.3. The van der Waals surface area contributed by atoms with Crippen molar-refractivity contribution >= 4 is 38.8 Å². The van der Waals surface area contributed by atoms with Crippen LogP contribution >= 0.6 is 15.9 Å². The molecule has 2 heterocycles. The number of primary amides is 1. The number of hydrogen-bond acceptors (Lipinski definition) is 10. The lowest BCUT2D eigenvalue weighted by molar-refractivity contribution is -0.304. The van der Waals surface area contributed by atoms with Crippen LogP contribution in [0.4, 0.5) is 4.79 Å². The number of fused-ring (bicyclic) bond motifs is 1. The summed E-state index contributed by atoms with van der Waals surface area (Å²) >= 11 is 3.30. The van der Waals surface area contributed by atoms with Gasteiger partial charge in [-0.15, -0.1) is 0 Å². The number of nitrogens with two attached hydrogens (primary N) is 1. The Morgan fingerprint density at radius 3 is 2.44 bits per heavy atom. The molecular weight excluding hydrogens is 578 g/mol. The SMILES string of the molecule is CO[C@@H]1[C@@H](OC(N)=O)[C@@H](O)[C@H](Oc2ccc3c(O)c(CC(=O)c4ccc(Br)cc4)c(=O)oc3c2C)OC1(C)C. The molecule has 4 atom stereocenters. The Labute approximate surface area is 231 Å². The van der Waals surface area contributed by atoms with Crippen molar-refractivity contribution in [2.75, 3.05) is 7.11 Å². The number of ketones is 1. The highest BCUT2D eigenvalue weighted by Gasteiger charge is 2.53. The zero-order valence-electron chi connectivity index (χ0n) is 21.6. The molecule has 0 radical (unpaired) electrons. The van der Waals surface area contributed by atoms with Gasteiger partial charge in [0.15, 0.2) is 18.0 Å². The summed E-state index contributed by atoms with van der Waals surface area (Å²) in [5.41, 5.74) is 3.80. The monoisotopic (exact) mass is 605 g/mol. The maximum atomic E-state index is 12.8. The molecule has 0 unspecified atom stereocenters. The van der Waals surface area contributed by atoms with Gasteiger partial charge >= 0.3 is 11.7 Å². The lowest BCUT2D eigenvalue weighted by Gasteiger charge is -2.47. The molecule has 1 amide bonds. The van der Waals surface area contributed by atoms with Gasteiger partial charge in [-0.05, 0) is 45.0 Å². The van der Waals surface area contributed by atoms with E-state index in [0.29, 0.717) is 11.1 Å². The van der Waals surface area contributed by atoms with Gasteiger partial charge in [0.1, 0.15) is 23.2 Å². The summed E-state index contributed by atoms with van der Waals surface area (Å²) in [5, 5.41) is 22.0. The zero-order valence-corrected chi connectivity index (χ0v) is 23.2. The van der Waals surface area contributed by atoms with Gasteiger partial charge in [-0.25, -0.2) is 9.59 Å². The maximum Gasteiger partial charge on any atom is 0.404 e. The number of aryl methyl sites for hydroxylation is 1. The molecule has 11 nitrogen and oxygen atoms in total. The number of aliphatic hydroxyl groups is 1. The molecule has 39 heavy (non-hydrogen) atoms. The maximum absolute atomic E-state index is 12.8. The van der Waals surface area contributed by atoms with Crippen LogP contribution in [0.15, 0.2) is 50.1 Å². The molecule has 1 saturated heterocycles. The minimum Gasteiger partial charge on any atom is -0.507 e. The number of aliphatic hydroxyl groups excluding tert-OH is 1. The van der Waals surface area contributed by atoms with Crippen LogP contribution in [-0.2, 0) is 20.6 Å². The summed E-state index contributed by atoms with van der Waals surface area (Å²) in [6.07, 6.45) is -6.33. The van der Waals surface area contributed by atoms with Crippen molar-refractivity contribution in [1.82, 2.24) is 0 Å². The second-order valence-electron chi connectivity index (χ2n) is 9.64. The average Bonchev–Trinajstić information content (AvgIpc) is 2.86. The molecule has 4 rings (SSSR count). The Morgan fingerprint density at radius 1 is 1.15 bits per heavy atom. The molecule has 1 aromatic heterocycles. The fourth-order valence-corrected chi connectivity index (χ4v) is 4.92. The van der Waals surface area contributed by atoms with Crippen molar-refractivity contribution in [3.63, 3.8) is 0 Å². The molecule has 3 aromatic rings. The van der Waals surface area contributed by atoms with Crippen LogP contribution in [0.3, 0.4) is 0 Å². The lowest BCUT2D eigenvalue weighted by atomic mass is 9.89. The van der Waals surface area contributed by atoms with Crippen LogP contribution in [0.25, 0.3) is 11.0 Å². The molecule has 1 aliphatic heterocycles. The summed E-state index contributed by atoms with van der Waals surface area (Å²) in [6, 6.07) is 9.57. The summed E-state index contributed by atoms with van der Waals surface area (Å²) in [5.74, 6) is -0.583. The third-order valence-corrected chi connectivity index (χ3v) is 7.14. The van der Waals surface area contributed by atoms with E-state index in [4.69, 9.17) is 29.1 Å². The predicted molar refractivity (Wildman–Crippen MR) is 142 cm³/mol. The van der Waals surface area contributed by atoms with Crippen molar-refractivity contribution in [2.45, 2.75) is 57.4 Å². The number of carbonyl (C=O) groups is 2. The van der Waals surface area contributed by atoms with E-state index in [1.807, 2.05) is 0 Å². The third kappa shape index (κ3) is 5.64. The van der Waals surface area contributed by atoms with Crippen LogP contribution in [0.2, 0.25) is 0 Å². The second-order valence-corrected chi connectivity index (χ2v) is 10.6. The van der Waals surface area contributed by atoms with Gasteiger partial charge < -0.3 is 39.3 Å². The topological polar surface area (TPSA) is 168 Å². The van der Waals surface area contributed by atoms with E-state index in [9.17, 15) is 24.6 Å². The average molecular weight is 606 g/mol. The van der Waals surface area contributed by atoms with Gasteiger partial charge in [0, 0.05) is 29.1 Å². The third-order valence-electron chi connectivity index (χ3n) is 6.61. The number of Topliss-reactive ketones (excluding diaryl/α,β-unsaturated/α-hetero) is 1. The molecule has 0 aliphatic carbocycles. The van der Waals surface area contributed by atoms with E-state index in [-0.39, 0.29) is 40.2 Å². The predicted octanol–water partition coefficient (Wildman–Crippen LogP) is 3.35. The molecule has 4 N–H and O–H groups in total. The largest absolute Gasteiger partial charge is 0.507 e. The standard InChI is InChI=1S/C27H28BrNO10/c1-12-18(36-25-20(32)22(38-26(29)34)23(35-4)27(2,3)39-25)10-9-15-19(31)16(24(33)37-21(12)15)11-17(30)13-5-7-14(28)8-6-13/h5-10,20,22-23,25,31-32H,11H2,1-4H3,(H2,29,34)/t20-,22+,23-,25-/m1/s1. The summed E-state index contributed by atoms with van der Waals surface area (Å²) < 4.78 is 28.6. The molecule has 0 spiro atoms. The molecule has 1 aliphatic rings. The number of hydrogen-bond donors (Lipinski definition) is 3. The van der Waals surface area contributed by atoms with Crippen molar-refractivity contribution in [3.8, 4) is 11.5 Å². The molecule has 12 heteroatoms. The van der Waals surface area contributed by atoms with Gasteiger partial charge in [-0.3, -0.25) is 4.79 Å². The Hall–Kier alpha value is -3.45. The number of ether oxygens (including phenoxy) is 4. The van der Waals surface area contributed by atoms with Crippen LogP contribution in [-0.4, -0.2) is 59.4 Å².